The van der Waals surface area contributed by atoms with E-state index in [1.807, 2.05) is 0 Å². The highest BCUT2D eigenvalue weighted by Gasteiger charge is 3.05. The second-order valence-electron chi connectivity index (χ2n) is 10.8. The Morgan fingerprint density at radius 1 is 0.935 bits per heavy atom. The van der Waals surface area contributed by atoms with Crippen LogP contribution in [0.1, 0.15) is 27.7 Å². The van der Waals surface area contributed by atoms with Gasteiger partial charge in [0.05, 0.1) is 22.9 Å². The molecule has 2 spiro atoms. The van der Waals surface area contributed by atoms with Gasteiger partial charge in [-0.2, -0.15) is 0 Å². The predicted octanol–water partition coefficient (Wildman–Crippen LogP) is -2.40. The van der Waals surface area contributed by atoms with Gasteiger partial charge >= 0.3 is 17.9 Å². The zero-order chi connectivity index (χ0) is 22.7. The number of carbonyl (C=O) groups is 3. The Bertz CT molecular complexity index is 957. The van der Waals surface area contributed by atoms with E-state index in [4.69, 9.17) is 18.9 Å². The first kappa shape index (κ1) is 19.9. The van der Waals surface area contributed by atoms with E-state index in [0.29, 0.717) is 0 Å². The van der Waals surface area contributed by atoms with Gasteiger partial charge in [0.25, 0.3) is 0 Å². The summed E-state index contributed by atoms with van der Waals surface area (Å²) in [5, 5.41) is 46.1. The summed E-state index contributed by atoms with van der Waals surface area (Å²) in [6.07, 6.45) is -9.69. The number of esters is 3. The molecule has 0 bridgehead atoms. The van der Waals surface area contributed by atoms with Crippen LogP contribution < -0.4 is 0 Å². The van der Waals surface area contributed by atoms with Crippen LogP contribution in [0.4, 0.5) is 0 Å². The number of carbonyl (C=O) groups excluding carboxylic acids is 3. The predicted molar refractivity (Wildman–Crippen MR) is 93.4 cm³/mol. The summed E-state index contributed by atoms with van der Waals surface area (Å²) in [7, 11) is 0. The third-order valence-corrected chi connectivity index (χ3v) is 8.95. The summed E-state index contributed by atoms with van der Waals surface area (Å²) in [6.45, 7) is 6.63. The van der Waals surface area contributed by atoms with Gasteiger partial charge in [0.15, 0.2) is 17.8 Å². The Morgan fingerprint density at radius 2 is 1.58 bits per heavy atom. The van der Waals surface area contributed by atoms with Gasteiger partial charge in [-0.15, -0.1) is 0 Å². The van der Waals surface area contributed by atoms with Crippen molar-refractivity contribution >= 4 is 17.9 Å². The number of hydrogen-bond donors (Lipinski definition) is 4. The zero-order valence-electron chi connectivity index (χ0n) is 17.3. The van der Waals surface area contributed by atoms with Crippen LogP contribution in [0.25, 0.3) is 0 Å². The van der Waals surface area contributed by atoms with E-state index in [-0.39, 0.29) is 0 Å². The van der Waals surface area contributed by atoms with E-state index in [1.54, 1.807) is 20.8 Å². The first-order valence-corrected chi connectivity index (χ1v) is 10.3. The van der Waals surface area contributed by atoms with Crippen molar-refractivity contribution in [3.8, 4) is 0 Å². The summed E-state index contributed by atoms with van der Waals surface area (Å²) in [6, 6.07) is 0. The average Bonchev–Trinajstić information content (AvgIpc) is 3.35. The number of hydrogen-bond acceptors (Lipinski definition) is 11. The molecular formula is C20H24O11. The Balaban J connectivity index is 1.75. The van der Waals surface area contributed by atoms with Crippen molar-refractivity contribution in [2.24, 2.45) is 28.1 Å². The fourth-order valence-corrected chi connectivity index (χ4v) is 8.27. The molecule has 0 radical (unpaired) electrons. The molecule has 4 N–H and O–H groups in total. The molecule has 6 fully saturated rings. The van der Waals surface area contributed by atoms with Crippen LogP contribution in [0, 0.1) is 28.1 Å². The summed E-state index contributed by atoms with van der Waals surface area (Å²) >= 11 is 0. The molecule has 0 amide bonds. The van der Waals surface area contributed by atoms with Crippen molar-refractivity contribution in [1.82, 2.24) is 0 Å². The van der Waals surface area contributed by atoms with Crippen molar-refractivity contribution in [2.75, 3.05) is 0 Å². The lowest BCUT2D eigenvalue weighted by atomic mass is 9.51. The maximum Gasteiger partial charge on any atom is 0.343 e. The average molecular weight is 440 g/mol. The van der Waals surface area contributed by atoms with E-state index in [0.717, 1.165) is 0 Å². The Morgan fingerprint density at radius 3 is 2.19 bits per heavy atom. The molecule has 0 aromatic rings. The fraction of sp³-hybridized carbons (Fsp3) is 0.850. The van der Waals surface area contributed by atoms with E-state index < -0.39 is 94.0 Å². The molecule has 11 nitrogen and oxygen atoms in total. The van der Waals surface area contributed by atoms with Crippen LogP contribution in [0.15, 0.2) is 0 Å². The molecule has 0 aromatic carbocycles. The van der Waals surface area contributed by atoms with Crippen LogP contribution in [0.3, 0.4) is 0 Å². The van der Waals surface area contributed by atoms with Gasteiger partial charge < -0.3 is 39.4 Å². The minimum absolute atomic E-state index is 0.792. The maximum atomic E-state index is 13.4. The van der Waals surface area contributed by atoms with Crippen LogP contribution in [0.5, 0.6) is 0 Å². The Kier molecular flexibility index (Phi) is 3.15. The highest BCUT2D eigenvalue weighted by molar-refractivity contribution is 5.94. The van der Waals surface area contributed by atoms with Crippen molar-refractivity contribution in [3.63, 3.8) is 0 Å². The van der Waals surface area contributed by atoms with Crippen LogP contribution in [0.2, 0.25) is 0 Å². The standard InChI is InChI=1S/C20H24O11/c1-5-12(24)28-11-8(22)18-10-6(21)7(16(2,3)4)17(18)9(23)13(25)30-15(17)31-20(18,14(26)29-10)19(5,11)27/h5-11,15,21-23,27H,1-4H3/t5-,6+,7?,8+,9+,10?,11?,15?,17?,18?,19-,20?/m1/s1. The minimum Gasteiger partial charge on any atom is -0.456 e. The molecule has 31 heavy (non-hydrogen) atoms. The zero-order valence-corrected chi connectivity index (χ0v) is 17.3. The molecule has 4 saturated heterocycles. The fourth-order valence-electron chi connectivity index (χ4n) is 8.27. The highest BCUT2D eigenvalue weighted by Crippen LogP contribution is 2.84. The number of ether oxygens (including phenoxy) is 4. The Labute approximate surface area is 176 Å². The van der Waals surface area contributed by atoms with Gasteiger partial charge in [-0.05, 0) is 12.3 Å². The van der Waals surface area contributed by atoms with Crippen molar-refractivity contribution in [3.05, 3.63) is 0 Å². The molecule has 6 rings (SSSR count). The first-order chi connectivity index (χ1) is 14.3. The van der Waals surface area contributed by atoms with Gasteiger partial charge in [-0.25, -0.2) is 9.59 Å². The van der Waals surface area contributed by atoms with Gasteiger partial charge in [0.1, 0.15) is 12.2 Å². The number of fused-ring (bicyclic) bond motifs is 1. The van der Waals surface area contributed by atoms with Gasteiger partial charge in [-0.3, -0.25) is 4.79 Å². The van der Waals surface area contributed by atoms with Crippen LogP contribution >= 0.6 is 0 Å². The van der Waals surface area contributed by atoms with Crippen LogP contribution in [-0.2, 0) is 33.3 Å². The number of aliphatic hydroxyl groups is 4. The molecule has 2 aliphatic carbocycles. The lowest BCUT2D eigenvalue weighted by molar-refractivity contribution is -0.240. The summed E-state index contributed by atoms with van der Waals surface area (Å²) in [4.78, 5) is 38.3. The van der Waals surface area contributed by atoms with Gasteiger partial charge in [0, 0.05) is 5.92 Å². The van der Waals surface area contributed by atoms with Crippen molar-refractivity contribution in [1.29, 1.82) is 0 Å². The van der Waals surface area contributed by atoms with Gasteiger partial charge in [-0.1, -0.05) is 20.8 Å². The normalized spacial score (nSPS) is 61.0. The molecule has 2 saturated carbocycles. The molecule has 6 aliphatic rings. The molecule has 11 heteroatoms. The third-order valence-electron chi connectivity index (χ3n) is 8.95. The molecule has 4 heterocycles. The SMILES string of the molecule is C[C@@H]1C(=O)OC2[C@H](O)C34C5OC(=O)C3(OC3OC(=O)[C@H](O)C34C(C(C)(C)C)[C@@H]5O)[C@]21O. The second-order valence-corrected chi connectivity index (χ2v) is 10.8. The summed E-state index contributed by atoms with van der Waals surface area (Å²) in [5.74, 6) is -5.22. The molecule has 4 aliphatic heterocycles. The third kappa shape index (κ3) is 1.43. The van der Waals surface area contributed by atoms with Crippen molar-refractivity contribution < 1.29 is 53.8 Å². The second kappa shape index (κ2) is 4.91. The van der Waals surface area contributed by atoms with Gasteiger partial charge in [0.2, 0.25) is 11.9 Å². The molecule has 170 valence electrons. The largest absolute Gasteiger partial charge is 0.456 e. The lowest BCUT2D eigenvalue weighted by Crippen LogP contribution is -2.67. The topological polar surface area (TPSA) is 169 Å². The molecule has 0 aromatic heterocycles. The number of rotatable bonds is 0. The maximum absolute atomic E-state index is 13.4. The molecular weight excluding hydrogens is 416 g/mol. The van der Waals surface area contributed by atoms with E-state index in [1.165, 1.54) is 6.92 Å². The number of aliphatic hydroxyl groups excluding tert-OH is 3. The minimum atomic E-state index is -2.40. The van der Waals surface area contributed by atoms with Crippen LogP contribution in [-0.4, -0.2) is 86.3 Å². The Hall–Kier alpha value is -1.79. The highest BCUT2D eigenvalue weighted by atomic mass is 16.8. The lowest BCUT2D eigenvalue weighted by Gasteiger charge is -2.47. The quantitative estimate of drug-likeness (QED) is 0.234. The van der Waals surface area contributed by atoms with Crippen molar-refractivity contribution in [2.45, 2.75) is 75.7 Å². The summed E-state index contributed by atoms with van der Waals surface area (Å²) in [5.41, 5.74) is -9.40. The van der Waals surface area contributed by atoms with E-state index in [9.17, 15) is 34.8 Å². The van der Waals surface area contributed by atoms with E-state index in [2.05, 4.69) is 0 Å². The molecule has 12 atom stereocenters. The monoisotopic (exact) mass is 440 g/mol. The van der Waals surface area contributed by atoms with E-state index >= 15 is 0 Å². The molecule has 7 unspecified atom stereocenters. The first-order valence-electron chi connectivity index (χ1n) is 10.3. The smallest absolute Gasteiger partial charge is 0.343 e. The summed E-state index contributed by atoms with van der Waals surface area (Å²) < 4.78 is 22.2.